The third-order valence-electron chi connectivity index (χ3n) is 5.54. The van der Waals surface area contributed by atoms with Crippen molar-refractivity contribution in [3.8, 4) is 0 Å². The van der Waals surface area contributed by atoms with Crippen molar-refractivity contribution in [3.05, 3.63) is 78.6 Å². The smallest absolute Gasteiger partial charge is 0.306 e. The normalized spacial score (nSPS) is 10.2. The first-order valence-corrected chi connectivity index (χ1v) is 11.4. The second kappa shape index (κ2) is 16.4. The molecule has 3 aromatic rings. The number of aromatic nitrogens is 1. The summed E-state index contributed by atoms with van der Waals surface area (Å²) in [6, 6.07) is 20.7. The molecule has 0 aliphatic carbocycles. The minimum Gasteiger partial charge on any atom is -1.00 e. The van der Waals surface area contributed by atoms with Gasteiger partial charge in [-0.3, -0.25) is 4.79 Å². The molecule has 2 aromatic carbocycles. The Morgan fingerprint density at radius 3 is 2.06 bits per heavy atom. The van der Waals surface area contributed by atoms with E-state index in [0.29, 0.717) is 13.0 Å². The van der Waals surface area contributed by atoms with Crippen molar-refractivity contribution >= 4 is 16.7 Å². The molecule has 0 bridgehead atoms. The van der Waals surface area contributed by atoms with E-state index in [2.05, 4.69) is 59.4 Å². The maximum Gasteiger partial charge on any atom is 0.306 e. The molecule has 174 valence electrons. The van der Waals surface area contributed by atoms with E-state index in [1.54, 1.807) is 0 Å². The summed E-state index contributed by atoms with van der Waals surface area (Å²) in [6.45, 7) is 1.48. The van der Waals surface area contributed by atoms with Gasteiger partial charge in [0.25, 0.3) is 0 Å². The summed E-state index contributed by atoms with van der Waals surface area (Å²) >= 11 is 0. The van der Waals surface area contributed by atoms with Gasteiger partial charge in [0.1, 0.15) is 13.2 Å². The number of fused-ring (bicyclic) bond motifs is 1. The Labute approximate surface area is 202 Å². The van der Waals surface area contributed by atoms with Gasteiger partial charge in [0.2, 0.25) is 0 Å². The lowest BCUT2D eigenvalue weighted by Crippen LogP contribution is -3.00. The molecule has 1 heterocycles. The molecular formula is C27H36BrNO3. The monoisotopic (exact) mass is 501 g/mol. The number of aryl methyl sites for hydroxylation is 1. The Morgan fingerprint density at radius 1 is 0.719 bits per heavy atom. The number of halogens is 1. The summed E-state index contributed by atoms with van der Waals surface area (Å²) in [5, 5.41) is 2.40. The molecule has 0 atom stereocenters. The van der Waals surface area contributed by atoms with Crippen molar-refractivity contribution in [2.75, 3.05) is 0 Å². The number of benzene rings is 2. The Morgan fingerprint density at radius 2 is 1.34 bits per heavy atom. The molecule has 0 radical (unpaired) electrons. The van der Waals surface area contributed by atoms with Crippen LogP contribution in [0.1, 0.15) is 63.4 Å². The number of nitrogens with zero attached hydrogens (tertiary/aromatic N) is 1. The average molecular weight is 502 g/mol. The van der Waals surface area contributed by atoms with Crippen LogP contribution in [0.5, 0.6) is 0 Å². The van der Waals surface area contributed by atoms with Crippen molar-refractivity contribution in [1.82, 2.24) is 0 Å². The second-order valence-corrected chi connectivity index (χ2v) is 8.03. The number of carbonyl (C=O) groups is 1. The van der Waals surface area contributed by atoms with Crippen LogP contribution in [0.15, 0.2) is 73.1 Å². The summed E-state index contributed by atoms with van der Waals surface area (Å²) in [5.41, 5.74) is 1.05. The third kappa shape index (κ3) is 10.4. The first-order chi connectivity index (χ1) is 14.8. The maximum atomic E-state index is 12.0. The Hall–Kier alpha value is -2.24. The highest BCUT2D eigenvalue weighted by Gasteiger charge is 2.04. The molecule has 3 rings (SSSR count). The highest BCUT2D eigenvalue weighted by molar-refractivity contribution is 5.83. The van der Waals surface area contributed by atoms with Crippen LogP contribution in [0.25, 0.3) is 10.8 Å². The lowest BCUT2D eigenvalue weighted by atomic mass is 10.1. The highest BCUT2D eigenvalue weighted by Crippen LogP contribution is 2.16. The first kappa shape index (κ1) is 27.8. The van der Waals surface area contributed by atoms with E-state index < -0.39 is 0 Å². The zero-order valence-electron chi connectivity index (χ0n) is 18.8. The SMILES string of the molecule is O.O=C(CCCCCCCCCC[n+]1ccccc1)OCc1ccc2ccccc2c1.[Br-]. The van der Waals surface area contributed by atoms with E-state index in [1.807, 2.05) is 18.2 Å². The molecule has 4 nitrogen and oxygen atoms in total. The molecular weight excluding hydrogens is 466 g/mol. The fourth-order valence-corrected chi connectivity index (χ4v) is 3.77. The summed E-state index contributed by atoms with van der Waals surface area (Å²) in [6.07, 6.45) is 14.5. The van der Waals surface area contributed by atoms with Gasteiger partial charge in [-0.2, -0.15) is 0 Å². The zero-order chi connectivity index (χ0) is 20.9. The summed E-state index contributed by atoms with van der Waals surface area (Å²) < 4.78 is 7.69. The molecule has 0 aliphatic rings. The van der Waals surface area contributed by atoms with E-state index >= 15 is 0 Å². The molecule has 0 unspecified atom stereocenters. The minimum atomic E-state index is -0.0819. The fraction of sp³-hybridized carbons (Fsp3) is 0.407. The maximum absolute atomic E-state index is 12.0. The van der Waals surface area contributed by atoms with Gasteiger partial charge in [0.15, 0.2) is 12.4 Å². The number of ether oxygens (including phenoxy) is 1. The lowest BCUT2D eigenvalue weighted by molar-refractivity contribution is -0.697. The van der Waals surface area contributed by atoms with Gasteiger partial charge in [0.05, 0.1) is 0 Å². The van der Waals surface area contributed by atoms with Crippen molar-refractivity contribution < 1.29 is 36.6 Å². The Balaban J connectivity index is 0.00000256. The predicted octanol–water partition coefficient (Wildman–Crippen LogP) is 2.56. The minimum absolute atomic E-state index is 0. The van der Waals surface area contributed by atoms with Crippen LogP contribution in [-0.2, 0) is 22.7 Å². The van der Waals surface area contributed by atoms with Gasteiger partial charge in [-0.25, -0.2) is 4.57 Å². The molecule has 2 N–H and O–H groups in total. The van der Waals surface area contributed by atoms with E-state index in [1.165, 1.54) is 49.3 Å². The molecule has 0 spiro atoms. The largest absolute Gasteiger partial charge is 1.00 e. The average Bonchev–Trinajstić information content (AvgIpc) is 2.79. The van der Waals surface area contributed by atoms with Crippen LogP contribution in [-0.4, -0.2) is 11.4 Å². The van der Waals surface area contributed by atoms with Crippen LogP contribution < -0.4 is 21.5 Å². The van der Waals surface area contributed by atoms with Crippen LogP contribution >= 0.6 is 0 Å². The zero-order valence-corrected chi connectivity index (χ0v) is 20.4. The van der Waals surface area contributed by atoms with Gasteiger partial charge >= 0.3 is 5.97 Å². The number of carbonyl (C=O) groups excluding carboxylic acids is 1. The van der Waals surface area contributed by atoms with Crippen LogP contribution in [0.3, 0.4) is 0 Å². The van der Waals surface area contributed by atoms with Gasteiger partial charge in [0, 0.05) is 25.0 Å². The van der Waals surface area contributed by atoms with Gasteiger partial charge in [-0.1, -0.05) is 74.6 Å². The number of hydrogen-bond acceptors (Lipinski definition) is 2. The van der Waals surface area contributed by atoms with E-state index in [-0.39, 0.29) is 28.4 Å². The van der Waals surface area contributed by atoms with E-state index in [4.69, 9.17) is 4.74 Å². The van der Waals surface area contributed by atoms with E-state index in [0.717, 1.165) is 24.9 Å². The molecule has 0 aliphatic heterocycles. The van der Waals surface area contributed by atoms with Crippen LogP contribution in [0, 0.1) is 0 Å². The van der Waals surface area contributed by atoms with Crippen molar-refractivity contribution in [2.45, 2.75) is 70.9 Å². The Kier molecular flexibility index (Phi) is 14.2. The van der Waals surface area contributed by atoms with Crippen LogP contribution in [0.4, 0.5) is 0 Å². The predicted molar refractivity (Wildman–Crippen MR) is 126 cm³/mol. The molecule has 1 aromatic heterocycles. The summed E-state index contributed by atoms with van der Waals surface area (Å²) in [7, 11) is 0. The van der Waals surface area contributed by atoms with Crippen LogP contribution in [0.2, 0.25) is 0 Å². The number of pyridine rings is 1. The lowest BCUT2D eigenvalue weighted by Gasteiger charge is -2.06. The molecule has 0 saturated heterocycles. The molecule has 5 heteroatoms. The molecule has 0 saturated carbocycles. The topological polar surface area (TPSA) is 61.7 Å². The summed E-state index contributed by atoms with van der Waals surface area (Å²) in [4.78, 5) is 12.0. The van der Waals surface area contributed by atoms with Gasteiger partial charge in [-0.15, -0.1) is 0 Å². The van der Waals surface area contributed by atoms with Crippen molar-refractivity contribution in [2.24, 2.45) is 0 Å². The third-order valence-corrected chi connectivity index (χ3v) is 5.54. The second-order valence-electron chi connectivity index (χ2n) is 8.03. The number of rotatable bonds is 13. The number of unbranched alkanes of at least 4 members (excludes halogenated alkanes) is 7. The van der Waals surface area contributed by atoms with Crippen molar-refractivity contribution in [3.63, 3.8) is 0 Å². The van der Waals surface area contributed by atoms with E-state index in [9.17, 15) is 4.79 Å². The molecule has 32 heavy (non-hydrogen) atoms. The Bertz CT molecular complexity index is 902. The quantitative estimate of drug-likeness (QED) is 0.205. The summed E-state index contributed by atoms with van der Waals surface area (Å²) in [5.74, 6) is -0.0819. The first-order valence-electron chi connectivity index (χ1n) is 11.4. The fourth-order valence-electron chi connectivity index (χ4n) is 3.77. The standard InChI is InChI=1S/C27H34NO2.BrH.H2O/c29-27(30-23-24-17-18-25-14-9-10-15-26(25)22-24)16-8-5-3-1-2-4-6-11-19-28-20-12-7-13-21-28;;/h7,9-10,12-15,17-18,20-22H,1-6,8,11,16,19,23H2;1H;1H2/q+1;;/p-1. The molecule has 0 amide bonds. The highest BCUT2D eigenvalue weighted by atomic mass is 79.9. The number of hydrogen-bond donors (Lipinski definition) is 0. The number of esters is 1. The molecule has 0 fully saturated rings. The van der Waals surface area contributed by atoms with Gasteiger partial charge in [-0.05, 0) is 35.2 Å². The van der Waals surface area contributed by atoms with Crippen molar-refractivity contribution in [1.29, 1.82) is 0 Å². The van der Waals surface area contributed by atoms with Gasteiger partial charge < -0.3 is 27.2 Å².